The molecule has 3 heterocycles. The van der Waals surface area contributed by atoms with Gasteiger partial charge < -0.3 is 10.1 Å². The number of hydrogen-bond acceptors (Lipinski definition) is 4. The van der Waals surface area contributed by atoms with Crippen LogP contribution in [-0.4, -0.2) is 54.2 Å². The molecule has 3 fully saturated rings. The van der Waals surface area contributed by atoms with Crippen LogP contribution in [0.15, 0.2) is 18.2 Å². The first kappa shape index (κ1) is 18.3. The van der Waals surface area contributed by atoms with Crippen molar-refractivity contribution < 1.29 is 13.9 Å². The van der Waals surface area contributed by atoms with Gasteiger partial charge in [-0.15, -0.1) is 0 Å². The summed E-state index contributed by atoms with van der Waals surface area (Å²) in [6.07, 6.45) is 4.42. The number of thioether (sulfide) groups is 1. The molecule has 26 heavy (non-hydrogen) atoms. The molecule has 1 spiro atoms. The van der Waals surface area contributed by atoms with Crippen LogP contribution in [0, 0.1) is 24.6 Å². The number of nitrogens with zero attached hydrogens (tertiary/aromatic N) is 1. The minimum absolute atomic E-state index is 0.0548. The molecule has 4 rings (SSSR count). The first-order valence-electron chi connectivity index (χ1n) is 9.41. The second kappa shape index (κ2) is 7.13. The molecular weight excluding hydrogens is 351 g/mol. The third kappa shape index (κ3) is 3.27. The Morgan fingerprint density at radius 2 is 2.35 bits per heavy atom. The lowest BCUT2D eigenvalue weighted by atomic mass is 9.73. The number of fused-ring (bicyclic) bond motifs is 1. The van der Waals surface area contributed by atoms with Gasteiger partial charge in [-0.2, -0.15) is 11.8 Å². The Balaban J connectivity index is 1.43. The van der Waals surface area contributed by atoms with Crippen molar-refractivity contribution in [3.05, 3.63) is 35.1 Å². The molecule has 1 aromatic rings. The predicted octanol–water partition coefficient (Wildman–Crippen LogP) is 2.59. The van der Waals surface area contributed by atoms with Crippen molar-refractivity contribution in [2.24, 2.45) is 11.8 Å². The second-order valence-electron chi connectivity index (χ2n) is 8.01. The maximum absolute atomic E-state index is 13.6. The quantitative estimate of drug-likeness (QED) is 0.826. The Labute approximate surface area is 158 Å². The standard InChI is InChI=1S/C20H27FN2O2S/c1-13-3-4-15(21)7-14(13)9-23-10-17-16(8-22-19(24)11-26-2)18-5-6-20(17,12-23)25-18/h3-4,7,16-18H,5-6,8-12H2,1-2H3,(H,22,24)/t16-,17+,18+,20+/m0/s1. The zero-order valence-corrected chi connectivity index (χ0v) is 16.3. The number of carbonyl (C=O) groups excluding carboxylic acids is 1. The zero-order chi connectivity index (χ0) is 18.3. The highest BCUT2D eigenvalue weighted by molar-refractivity contribution is 7.99. The highest BCUT2D eigenvalue weighted by atomic mass is 32.2. The Morgan fingerprint density at radius 3 is 3.15 bits per heavy atom. The number of ether oxygens (including phenoxy) is 1. The van der Waals surface area contributed by atoms with E-state index in [9.17, 15) is 9.18 Å². The fraction of sp³-hybridized carbons (Fsp3) is 0.650. The smallest absolute Gasteiger partial charge is 0.229 e. The molecule has 1 amide bonds. The second-order valence-corrected chi connectivity index (χ2v) is 8.87. The van der Waals surface area contributed by atoms with Crippen molar-refractivity contribution in [3.63, 3.8) is 0 Å². The summed E-state index contributed by atoms with van der Waals surface area (Å²) in [5.41, 5.74) is 2.13. The van der Waals surface area contributed by atoms with Gasteiger partial charge in [-0.3, -0.25) is 9.69 Å². The maximum atomic E-state index is 13.6. The van der Waals surface area contributed by atoms with E-state index in [-0.39, 0.29) is 23.4 Å². The summed E-state index contributed by atoms with van der Waals surface area (Å²) < 4.78 is 20.1. The maximum Gasteiger partial charge on any atom is 0.229 e. The van der Waals surface area contributed by atoms with Gasteiger partial charge in [-0.05, 0) is 49.3 Å². The fourth-order valence-electron chi connectivity index (χ4n) is 5.15. The van der Waals surface area contributed by atoms with Crippen molar-refractivity contribution >= 4 is 17.7 Å². The molecule has 0 aliphatic carbocycles. The SMILES string of the molecule is CSCC(=O)NC[C@H]1[C@H]2CN(Cc3cc(F)ccc3C)C[C@]23CC[C@H]1O3. The van der Waals surface area contributed by atoms with E-state index >= 15 is 0 Å². The number of carbonyl (C=O) groups is 1. The lowest BCUT2D eigenvalue weighted by Crippen LogP contribution is -2.42. The van der Waals surface area contributed by atoms with Crippen LogP contribution >= 0.6 is 11.8 Å². The van der Waals surface area contributed by atoms with Crippen molar-refractivity contribution in [1.82, 2.24) is 10.2 Å². The summed E-state index contributed by atoms with van der Waals surface area (Å²) >= 11 is 1.55. The van der Waals surface area contributed by atoms with Crippen LogP contribution < -0.4 is 5.32 Å². The molecule has 0 saturated carbocycles. The lowest BCUT2D eigenvalue weighted by molar-refractivity contribution is -0.118. The number of benzene rings is 1. The number of amides is 1. The van der Waals surface area contributed by atoms with E-state index in [1.54, 1.807) is 17.8 Å². The minimum Gasteiger partial charge on any atom is -0.370 e. The van der Waals surface area contributed by atoms with Crippen LogP contribution in [0.2, 0.25) is 0 Å². The highest BCUT2D eigenvalue weighted by Gasteiger charge is 2.62. The number of halogens is 1. The molecule has 6 heteroatoms. The topological polar surface area (TPSA) is 41.6 Å². The number of aryl methyl sites for hydroxylation is 1. The Morgan fingerprint density at radius 1 is 1.50 bits per heavy atom. The fourth-order valence-corrected chi connectivity index (χ4v) is 5.51. The van der Waals surface area contributed by atoms with Crippen molar-refractivity contribution in [2.75, 3.05) is 31.6 Å². The van der Waals surface area contributed by atoms with E-state index in [1.165, 1.54) is 6.07 Å². The molecule has 1 N–H and O–H groups in total. The van der Waals surface area contributed by atoms with Crippen LogP contribution in [0.5, 0.6) is 0 Å². The van der Waals surface area contributed by atoms with E-state index < -0.39 is 0 Å². The van der Waals surface area contributed by atoms with Crippen LogP contribution in [0.1, 0.15) is 24.0 Å². The van der Waals surface area contributed by atoms with Gasteiger partial charge in [-0.25, -0.2) is 4.39 Å². The van der Waals surface area contributed by atoms with Crippen LogP contribution in [0.4, 0.5) is 4.39 Å². The molecule has 2 bridgehead atoms. The van der Waals surface area contributed by atoms with E-state index in [0.717, 1.165) is 43.6 Å². The van der Waals surface area contributed by atoms with Gasteiger partial charge in [0.25, 0.3) is 0 Å². The lowest BCUT2D eigenvalue weighted by Gasteiger charge is -2.29. The van der Waals surface area contributed by atoms with Crippen molar-refractivity contribution in [2.45, 2.75) is 38.0 Å². The van der Waals surface area contributed by atoms with Crippen molar-refractivity contribution in [3.8, 4) is 0 Å². The largest absolute Gasteiger partial charge is 0.370 e. The Bertz CT molecular complexity index is 700. The summed E-state index contributed by atoms with van der Waals surface area (Å²) in [7, 11) is 0. The molecule has 142 valence electrons. The third-order valence-corrected chi connectivity index (χ3v) is 6.92. The van der Waals surface area contributed by atoms with Gasteiger partial charge in [-0.1, -0.05) is 6.07 Å². The monoisotopic (exact) mass is 378 g/mol. The van der Waals surface area contributed by atoms with Crippen LogP contribution in [0.3, 0.4) is 0 Å². The molecule has 4 atom stereocenters. The van der Waals surface area contributed by atoms with Gasteiger partial charge in [0, 0.05) is 38.0 Å². The summed E-state index contributed by atoms with van der Waals surface area (Å²) in [5.74, 6) is 1.31. The van der Waals surface area contributed by atoms with Gasteiger partial charge >= 0.3 is 0 Å². The van der Waals surface area contributed by atoms with Crippen LogP contribution in [0.25, 0.3) is 0 Å². The molecule has 3 aliphatic heterocycles. The van der Waals surface area contributed by atoms with E-state index in [1.807, 2.05) is 19.2 Å². The first-order valence-corrected chi connectivity index (χ1v) is 10.8. The summed E-state index contributed by atoms with van der Waals surface area (Å²) in [6, 6.07) is 5.03. The molecule has 1 aromatic carbocycles. The third-order valence-electron chi connectivity index (χ3n) is 6.37. The number of hydrogen-bond donors (Lipinski definition) is 1. The Hall–Kier alpha value is -1.11. The Kier molecular flexibility index (Phi) is 5.01. The summed E-state index contributed by atoms with van der Waals surface area (Å²) in [5, 5.41) is 3.09. The zero-order valence-electron chi connectivity index (χ0n) is 15.5. The molecule has 0 radical (unpaired) electrons. The number of likely N-dealkylation sites (tertiary alicyclic amines) is 1. The van der Waals surface area contributed by atoms with E-state index in [2.05, 4.69) is 10.2 Å². The van der Waals surface area contributed by atoms with Crippen LogP contribution in [-0.2, 0) is 16.1 Å². The van der Waals surface area contributed by atoms with Gasteiger partial charge in [0.15, 0.2) is 0 Å². The number of rotatable bonds is 6. The van der Waals surface area contributed by atoms with Gasteiger partial charge in [0.2, 0.25) is 5.91 Å². The molecule has 0 unspecified atom stereocenters. The summed E-state index contributed by atoms with van der Waals surface area (Å²) in [6.45, 7) is 5.40. The number of nitrogens with one attached hydrogen (secondary N) is 1. The minimum atomic E-state index is -0.172. The van der Waals surface area contributed by atoms with Gasteiger partial charge in [0.05, 0.1) is 17.5 Å². The van der Waals surface area contributed by atoms with E-state index in [0.29, 0.717) is 24.1 Å². The van der Waals surface area contributed by atoms with Crippen molar-refractivity contribution in [1.29, 1.82) is 0 Å². The molecular formula is C20H27FN2O2S. The first-order chi connectivity index (χ1) is 12.5. The normalized spacial score (nSPS) is 32.8. The molecule has 3 saturated heterocycles. The molecule has 4 nitrogen and oxygen atoms in total. The molecule has 3 aliphatic rings. The summed E-state index contributed by atoms with van der Waals surface area (Å²) in [4.78, 5) is 14.3. The molecule has 0 aromatic heterocycles. The van der Waals surface area contributed by atoms with Gasteiger partial charge in [0.1, 0.15) is 5.82 Å². The average molecular weight is 379 g/mol. The predicted molar refractivity (Wildman–Crippen MR) is 102 cm³/mol. The van der Waals surface area contributed by atoms with E-state index in [4.69, 9.17) is 4.74 Å². The average Bonchev–Trinajstić information content (AvgIpc) is 3.24. The highest BCUT2D eigenvalue weighted by Crippen LogP contribution is 2.54.